The van der Waals surface area contributed by atoms with E-state index in [0.717, 1.165) is 42.5 Å². The number of aromatic nitrogens is 2. The van der Waals surface area contributed by atoms with Gasteiger partial charge < -0.3 is 9.84 Å². The number of rotatable bonds is 7. The van der Waals surface area contributed by atoms with Gasteiger partial charge in [-0.15, -0.1) is 0 Å². The molecule has 0 fully saturated rings. The normalized spacial score (nSPS) is 10.5. The molecule has 0 amide bonds. The molecule has 1 aromatic carbocycles. The van der Waals surface area contributed by atoms with E-state index in [9.17, 15) is 0 Å². The van der Waals surface area contributed by atoms with Crippen LogP contribution >= 0.6 is 11.8 Å². The van der Waals surface area contributed by atoms with Crippen molar-refractivity contribution < 1.29 is 4.52 Å². The highest BCUT2D eigenvalue weighted by atomic mass is 32.2. The Bertz CT molecular complexity index is 458. The summed E-state index contributed by atoms with van der Waals surface area (Å²) in [6.45, 7) is 0.907. The second-order valence-corrected chi connectivity index (χ2v) is 4.80. The van der Waals surface area contributed by atoms with Gasteiger partial charge in [0.2, 0.25) is 5.89 Å². The average Bonchev–Trinajstić information content (AvgIpc) is 2.84. The lowest BCUT2D eigenvalue weighted by molar-refractivity contribution is 0.373. The third-order valence-electron chi connectivity index (χ3n) is 2.45. The molecule has 18 heavy (non-hydrogen) atoms. The number of nitrogens with one attached hydrogen (secondary N) is 1. The van der Waals surface area contributed by atoms with Crippen molar-refractivity contribution in [1.82, 2.24) is 10.1 Å². The molecule has 2 rings (SSSR count). The van der Waals surface area contributed by atoms with Crippen molar-refractivity contribution in [2.75, 3.05) is 18.1 Å². The second-order valence-electron chi connectivity index (χ2n) is 3.93. The zero-order valence-electron chi connectivity index (χ0n) is 10.4. The van der Waals surface area contributed by atoms with Crippen molar-refractivity contribution in [2.24, 2.45) is 0 Å². The highest BCUT2D eigenvalue weighted by molar-refractivity contribution is 7.97. The standard InChI is InChI=1S/C13H17N3OS/c1-18-10-12-15-13(17-16-12)8-5-9-14-11-6-3-2-4-7-11/h2-4,6-7,14H,5,8-10H2,1H3. The predicted molar refractivity (Wildman–Crippen MR) is 74.8 cm³/mol. The molecule has 0 spiro atoms. The topological polar surface area (TPSA) is 51.0 Å². The number of hydrogen-bond acceptors (Lipinski definition) is 5. The average molecular weight is 263 g/mol. The van der Waals surface area contributed by atoms with E-state index >= 15 is 0 Å². The monoisotopic (exact) mass is 263 g/mol. The molecule has 0 aliphatic carbocycles. The van der Waals surface area contributed by atoms with Gasteiger partial charge in [0.25, 0.3) is 0 Å². The van der Waals surface area contributed by atoms with Gasteiger partial charge in [-0.3, -0.25) is 0 Å². The first-order valence-corrected chi connectivity index (χ1v) is 7.37. The summed E-state index contributed by atoms with van der Waals surface area (Å²) in [5.74, 6) is 2.33. The molecule has 1 heterocycles. The first-order valence-electron chi connectivity index (χ1n) is 5.98. The number of benzene rings is 1. The van der Waals surface area contributed by atoms with Crippen LogP contribution < -0.4 is 5.32 Å². The van der Waals surface area contributed by atoms with Gasteiger partial charge >= 0.3 is 0 Å². The molecule has 5 heteroatoms. The Hall–Kier alpha value is -1.49. The van der Waals surface area contributed by atoms with Crippen LogP contribution in [0.15, 0.2) is 34.9 Å². The number of nitrogens with zero attached hydrogens (tertiary/aromatic N) is 2. The summed E-state index contributed by atoms with van der Waals surface area (Å²) in [6, 6.07) is 10.2. The van der Waals surface area contributed by atoms with Gasteiger partial charge in [0.05, 0.1) is 5.75 Å². The minimum absolute atomic E-state index is 0.730. The molecule has 96 valence electrons. The van der Waals surface area contributed by atoms with Gasteiger partial charge in [-0.1, -0.05) is 23.4 Å². The van der Waals surface area contributed by atoms with E-state index in [0.29, 0.717) is 0 Å². The summed E-state index contributed by atoms with van der Waals surface area (Å²) < 4.78 is 5.17. The van der Waals surface area contributed by atoms with E-state index in [2.05, 4.69) is 27.6 Å². The molecular formula is C13H17N3OS. The van der Waals surface area contributed by atoms with E-state index in [4.69, 9.17) is 4.52 Å². The Labute approximate surface area is 111 Å². The molecule has 4 nitrogen and oxygen atoms in total. The summed E-state index contributed by atoms with van der Waals surface area (Å²) in [5.41, 5.74) is 1.14. The Balaban J connectivity index is 1.68. The fraction of sp³-hybridized carbons (Fsp3) is 0.385. The molecule has 0 bridgehead atoms. The lowest BCUT2D eigenvalue weighted by atomic mass is 10.3. The third kappa shape index (κ3) is 4.07. The van der Waals surface area contributed by atoms with Crippen molar-refractivity contribution in [3.05, 3.63) is 42.0 Å². The van der Waals surface area contributed by atoms with Crippen LogP contribution in [-0.4, -0.2) is 22.9 Å². The minimum atomic E-state index is 0.730. The maximum Gasteiger partial charge on any atom is 0.226 e. The molecule has 1 aromatic heterocycles. The van der Waals surface area contributed by atoms with Gasteiger partial charge in [-0.25, -0.2) is 0 Å². The van der Waals surface area contributed by atoms with Crippen molar-refractivity contribution >= 4 is 17.4 Å². The van der Waals surface area contributed by atoms with Gasteiger partial charge in [0, 0.05) is 18.7 Å². The van der Waals surface area contributed by atoms with Crippen LogP contribution in [0.3, 0.4) is 0 Å². The Morgan fingerprint density at radius 3 is 2.89 bits per heavy atom. The molecule has 2 aromatic rings. The number of anilines is 1. The van der Waals surface area contributed by atoms with E-state index < -0.39 is 0 Å². The predicted octanol–water partition coefficient (Wildman–Crippen LogP) is 2.98. The zero-order valence-corrected chi connectivity index (χ0v) is 11.2. The van der Waals surface area contributed by atoms with Gasteiger partial charge in [-0.2, -0.15) is 16.7 Å². The molecule has 1 N–H and O–H groups in total. The molecule has 0 aliphatic heterocycles. The van der Waals surface area contributed by atoms with Crippen molar-refractivity contribution in [3.63, 3.8) is 0 Å². The summed E-state index contributed by atoms with van der Waals surface area (Å²) in [5, 5.41) is 7.27. The smallest absolute Gasteiger partial charge is 0.226 e. The van der Waals surface area contributed by atoms with Crippen molar-refractivity contribution in [2.45, 2.75) is 18.6 Å². The van der Waals surface area contributed by atoms with Gasteiger partial charge in [0.1, 0.15) is 0 Å². The number of hydrogen-bond donors (Lipinski definition) is 1. The molecular weight excluding hydrogens is 246 g/mol. The van der Waals surface area contributed by atoms with Crippen LogP contribution in [0.4, 0.5) is 5.69 Å². The molecule has 0 unspecified atom stereocenters. The third-order valence-corrected chi connectivity index (χ3v) is 3.00. The lowest BCUT2D eigenvalue weighted by Gasteiger charge is -2.03. The van der Waals surface area contributed by atoms with Crippen molar-refractivity contribution in [1.29, 1.82) is 0 Å². The fourth-order valence-corrected chi connectivity index (χ4v) is 1.98. The molecule has 0 atom stereocenters. The number of thioether (sulfide) groups is 1. The molecule has 0 saturated carbocycles. The minimum Gasteiger partial charge on any atom is -0.385 e. The van der Waals surface area contributed by atoms with Crippen LogP contribution in [0.25, 0.3) is 0 Å². The maximum absolute atomic E-state index is 5.17. The van der Waals surface area contributed by atoms with Crippen LogP contribution in [0.5, 0.6) is 0 Å². The molecule has 0 radical (unpaired) electrons. The second kappa shape index (κ2) is 7.06. The molecule has 0 aliphatic rings. The van der Waals surface area contributed by atoms with E-state index in [1.165, 1.54) is 0 Å². The van der Waals surface area contributed by atoms with E-state index in [1.807, 2.05) is 24.5 Å². The number of para-hydroxylation sites is 1. The quantitative estimate of drug-likeness (QED) is 0.778. The highest BCUT2D eigenvalue weighted by Crippen LogP contribution is 2.08. The van der Waals surface area contributed by atoms with Gasteiger partial charge in [-0.05, 0) is 24.8 Å². The van der Waals surface area contributed by atoms with Crippen LogP contribution in [-0.2, 0) is 12.2 Å². The first kappa shape index (κ1) is 13.0. The Kier molecular flexibility index (Phi) is 5.08. The van der Waals surface area contributed by atoms with Crippen LogP contribution in [0.1, 0.15) is 18.1 Å². The lowest BCUT2D eigenvalue weighted by Crippen LogP contribution is -2.02. The summed E-state index contributed by atoms with van der Waals surface area (Å²) in [6.07, 6.45) is 3.83. The Morgan fingerprint density at radius 2 is 2.11 bits per heavy atom. The maximum atomic E-state index is 5.17. The SMILES string of the molecule is CSCc1noc(CCCNc2ccccc2)n1. The van der Waals surface area contributed by atoms with E-state index in [1.54, 1.807) is 11.8 Å². The van der Waals surface area contributed by atoms with Crippen LogP contribution in [0, 0.1) is 0 Å². The number of aryl methyl sites for hydroxylation is 1. The summed E-state index contributed by atoms with van der Waals surface area (Å²) in [7, 11) is 0. The Morgan fingerprint density at radius 1 is 1.28 bits per heavy atom. The van der Waals surface area contributed by atoms with Crippen molar-refractivity contribution in [3.8, 4) is 0 Å². The van der Waals surface area contributed by atoms with Crippen LogP contribution in [0.2, 0.25) is 0 Å². The fourth-order valence-electron chi connectivity index (χ4n) is 1.61. The zero-order chi connectivity index (χ0) is 12.6. The molecule has 0 saturated heterocycles. The van der Waals surface area contributed by atoms with Gasteiger partial charge in [0.15, 0.2) is 5.82 Å². The van der Waals surface area contributed by atoms with E-state index in [-0.39, 0.29) is 0 Å². The summed E-state index contributed by atoms with van der Waals surface area (Å²) >= 11 is 1.70. The largest absolute Gasteiger partial charge is 0.385 e. The highest BCUT2D eigenvalue weighted by Gasteiger charge is 2.04. The summed E-state index contributed by atoms with van der Waals surface area (Å²) in [4.78, 5) is 4.32. The first-order chi connectivity index (χ1) is 8.88.